The largest absolute Gasteiger partial charge is 0.480 e. The molecule has 2 aliphatic carbocycles. The summed E-state index contributed by atoms with van der Waals surface area (Å²) in [6.45, 7) is 8.76. The Kier molecular flexibility index (Phi) is 4.22. The molecule has 2 rings (SSSR count). The molecule has 0 aliphatic heterocycles. The molecular weight excluding hydrogens is 268 g/mol. The highest BCUT2D eigenvalue weighted by atomic mass is 16.4. The number of rotatable bonds is 4. The Balaban J connectivity index is 1.98. The minimum atomic E-state index is -0.943. The van der Waals surface area contributed by atoms with Crippen LogP contribution in [0.1, 0.15) is 59.8 Å². The number of carbonyl (C=O) groups is 2. The average Bonchev–Trinajstić information content (AvgIpc) is 3.03. The van der Waals surface area contributed by atoms with E-state index in [2.05, 4.69) is 33.0 Å². The van der Waals surface area contributed by atoms with Crippen molar-refractivity contribution in [1.29, 1.82) is 0 Å². The van der Waals surface area contributed by atoms with E-state index < -0.39 is 5.97 Å². The van der Waals surface area contributed by atoms with E-state index in [1.807, 2.05) is 0 Å². The summed E-state index contributed by atoms with van der Waals surface area (Å²) in [4.78, 5) is 24.8. The summed E-state index contributed by atoms with van der Waals surface area (Å²) in [5, 5.41) is 12.0. The Morgan fingerprint density at radius 3 is 2.10 bits per heavy atom. The molecule has 2 amide bonds. The van der Waals surface area contributed by atoms with Gasteiger partial charge in [0.1, 0.15) is 6.54 Å². The lowest BCUT2D eigenvalue weighted by Gasteiger charge is -2.45. The summed E-state index contributed by atoms with van der Waals surface area (Å²) in [6.07, 6.45) is 4.89. The highest BCUT2D eigenvalue weighted by Crippen LogP contribution is 2.45. The van der Waals surface area contributed by atoms with Gasteiger partial charge < -0.3 is 15.3 Å². The standard InChI is InChI=1S/C16H28N2O3/c1-15(2)7-11(8-16(3,4)10-15)17-14(21)18(9-13(19)20)12-5-6-12/h11-12H,5-10H2,1-4H3,(H,17,21)(H,19,20). The van der Waals surface area contributed by atoms with Crippen molar-refractivity contribution in [2.75, 3.05) is 6.54 Å². The zero-order valence-corrected chi connectivity index (χ0v) is 13.6. The second-order valence-corrected chi connectivity index (χ2v) is 8.31. The summed E-state index contributed by atoms with van der Waals surface area (Å²) in [6, 6.07) is 0.0374. The smallest absolute Gasteiger partial charge is 0.323 e. The second kappa shape index (κ2) is 5.50. The molecule has 0 bridgehead atoms. The van der Waals surface area contributed by atoms with Crippen LogP contribution in [0.5, 0.6) is 0 Å². The molecule has 0 aromatic carbocycles. The third-order valence-electron chi connectivity index (χ3n) is 4.44. The Morgan fingerprint density at radius 2 is 1.67 bits per heavy atom. The van der Waals surface area contributed by atoms with Gasteiger partial charge in [0.15, 0.2) is 0 Å². The molecule has 0 spiro atoms. The predicted molar refractivity (Wildman–Crippen MR) is 81.1 cm³/mol. The van der Waals surface area contributed by atoms with E-state index in [1.54, 1.807) is 0 Å². The number of carbonyl (C=O) groups excluding carboxylic acids is 1. The van der Waals surface area contributed by atoms with Gasteiger partial charge in [-0.25, -0.2) is 4.79 Å². The molecule has 5 heteroatoms. The SMILES string of the molecule is CC1(C)CC(NC(=O)N(CC(=O)O)C2CC2)CC(C)(C)C1. The van der Waals surface area contributed by atoms with Gasteiger partial charge in [-0.15, -0.1) is 0 Å². The fourth-order valence-corrected chi connectivity index (χ4v) is 4.10. The van der Waals surface area contributed by atoms with Crippen LogP contribution >= 0.6 is 0 Å². The lowest BCUT2D eigenvalue weighted by atomic mass is 9.63. The molecule has 0 aromatic rings. The minimum absolute atomic E-state index is 0.116. The third-order valence-corrected chi connectivity index (χ3v) is 4.44. The number of carboxylic acid groups (broad SMARTS) is 1. The van der Waals surface area contributed by atoms with Gasteiger partial charge in [0.05, 0.1) is 0 Å². The predicted octanol–water partition coefficient (Wildman–Crippen LogP) is 2.85. The quantitative estimate of drug-likeness (QED) is 0.838. The molecule has 0 aromatic heterocycles. The van der Waals surface area contributed by atoms with E-state index in [0.29, 0.717) is 0 Å². The molecule has 0 radical (unpaired) electrons. The van der Waals surface area contributed by atoms with Gasteiger partial charge in [0.25, 0.3) is 0 Å². The molecule has 0 atom stereocenters. The van der Waals surface area contributed by atoms with Crippen molar-refractivity contribution in [3.05, 3.63) is 0 Å². The van der Waals surface area contributed by atoms with Gasteiger partial charge in [0, 0.05) is 12.1 Å². The van der Waals surface area contributed by atoms with Crippen molar-refractivity contribution in [3.8, 4) is 0 Å². The first kappa shape index (κ1) is 16.1. The van der Waals surface area contributed by atoms with E-state index >= 15 is 0 Å². The molecule has 2 aliphatic rings. The Hall–Kier alpha value is -1.26. The number of nitrogens with one attached hydrogen (secondary N) is 1. The number of hydrogen-bond acceptors (Lipinski definition) is 2. The number of aliphatic carboxylic acids is 1. The Bertz CT molecular complexity index is 411. The molecule has 0 saturated heterocycles. The van der Waals surface area contributed by atoms with Gasteiger partial charge in [-0.1, -0.05) is 27.7 Å². The van der Waals surface area contributed by atoms with Crippen molar-refractivity contribution in [3.63, 3.8) is 0 Å². The van der Waals surface area contributed by atoms with E-state index in [0.717, 1.165) is 32.1 Å². The molecule has 120 valence electrons. The van der Waals surface area contributed by atoms with Crippen LogP contribution < -0.4 is 5.32 Å². The van der Waals surface area contributed by atoms with Gasteiger partial charge in [-0.3, -0.25) is 4.79 Å². The first-order valence-corrected chi connectivity index (χ1v) is 7.87. The second-order valence-electron chi connectivity index (χ2n) is 8.31. The topological polar surface area (TPSA) is 69.6 Å². The van der Waals surface area contributed by atoms with Gasteiger partial charge >= 0.3 is 12.0 Å². The van der Waals surface area contributed by atoms with Crippen LogP contribution in [0.4, 0.5) is 4.79 Å². The fraction of sp³-hybridized carbons (Fsp3) is 0.875. The van der Waals surface area contributed by atoms with E-state index in [1.165, 1.54) is 4.90 Å². The molecule has 2 saturated carbocycles. The lowest BCUT2D eigenvalue weighted by molar-refractivity contribution is -0.137. The molecule has 5 nitrogen and oxygen atoms in total. The summed E-state index contributed by atoms with van der Waals surface area (Å²) >= 11 is 0. The van der Waals surface area contributed by atoms with Crippen LogP contribution in [0.3, 0.4) is 0 Å². The number of amides is 2. The maximum absolute atomic E-state index is 12.4. The van der Waals surface area contributed by atoms with Crippen molar-refractivity contribution in [2.45, 2.75) is 71.9 Å². The number of carboxylic acids is 1. The van der Waals surface area contributed by atoms with Crippen LogP contribution in [0.2, 0.25) is 0 Å². The number of nitrogens with zero attached hydrogens (tertiary/aromatic N) is 1. The maximum Gasteiger partial charge on any atom is 0.323 e. The normalized spacial score (nSPS) is 24.4. The third kappa shape index (κ3) is 4.61. The highest BCUT2D eigenvalue weighted by molar-refractivity contribution is 5.80. The number of hydrogen-bond donors (Lipinski definition) is 2. The zero-order valence-electron chi connectivity index (χ0n) is 13.6. The summed E-state index contributed by atoms with van der Waals surface area (Å²) < 4.78 is 0. The molecule has 0 heterocycles. The van der Waals surface area contributed by atoms with Gasteiger partial charge in [-0.2, -0.15) is 0 Å². The van der Waals surface area contributed by atoms with Crippen molar-refractivity contribution in [1.82, 2.24) is 10.2 Å². The van der Waals surface area contributed by atoms with Crippen molar-refractivity contribution in [2.24, 2.45) is 10.8 Å². The van der Waals surface area contributed by atoms with E-state index in [4.69, 9.17) is 5.11 Å². The first-order chi connectivity index (χ1) is 9.58. The highest BCUT2D eigenvalue weighted by Gasteiger charge is 2.40. The number of urea groups is 1. The monoisotopic (exact) mass is 296 g/mol. The van der Waals surface area contributed by atoms with Crippen LogP contribution in [0.15, 0.2) is 0 Å². The van der Waals surface area contributed by atoms with Crippen LogP contribution in [0, 0.1) is 10.8 Å². The van der Waals surface area contributed by atoms with E-state index in [-0.39, 0.29) is 35.5 Å². The van der Waals surface area contributed by atoms with Crippen LogP contribution in [-0.2, 0) is 4.79 Å². The van der Waals surface area contributed by atoms with E-state index in [9.17, 15) is 9.59 Å². The Labute approximate surface area is 127 Å². The Morgan fingerprint density at radius 1 is 1.14 bits per heavy atom. The summed E-state index contributed by atoms with van der Waals surface area (Å²) in [5.41, 5.74) is 0.411. The van der Waals surface area contributed by atoms with Gasteiger partial charge in [0.2, 0.25) is 0 Å². The molecule has 2 fully saturated rings. The van der Waals surface area contributed by atoms with Gasteiger partial charge in [-0.05, 0) is 42.9 Å². The lowest BCUT2D eigenvalue weighted by Crippen LogP contribution is -2.51. The molecule has 0 unspecified atom stereocenters. The average molecular weight is 296 g/mol. The fourth-order valence-electron chi connectivity index (χ4n) is 4.10. The summed E-state index contributed by atoms with van der Waals surface area (Å²) in [7, 11) is 0. The van der Waals surface area contributed by atoms with Crippen molar-refractivity contribution >= 4 is 12.0 Å². The molecule has 2 N–H and O–H groups in total. The molecular formula is C16H28N2O3. The molecule has 21 heavy (non-hydrogen) atoms. The maximum atomic E-state index is 12.4. The van der Waals surface area contributed by atoms with Crippen LogP contribution in [-0.4, -0.2) is 40.6 Å². The first-order valence-electron chi connectivity index (χ1n) is 7.87. The zero-order chi connectivity index (χ0) is 15.8. The summed E-state index contributed by atoms with van der Waals surface area (Å²) in [5.74, 6) is -0.943. The minimum Gasteiger partial charge on any atom is -0.480 e. The van der Waals surface area contributed by atoms with Crippen LogP contribution in [0.25, 0.3) is 0 Å². The van der Waals surface area contributed by atoms with Crippen molar-refractivity contribution < 1.29 is 14.7 Å².